The number of methoxy groups -OCH3 is 1. The fourth-order valence-electron chi connectivity index (χ4n) is 2.07. The maximum atomic E-state index is 11.4. The highest BCUT2D eigenvalue weighted by Crippen LogP contribution is 2.18. The van der Waals surface area contributed by atoms with Gasteiger partial charge in [0.05, 0.1) is 12.1 Å². The lowest BCUT2D eigenvalue weighted by Gasteiger charge is -2.35. The highest BCUT2D eigenvalue weighted by atomic mass is 16.5. The molecule has 0 spiro atoms. The van der Waals surface area contributed by atoms with E-state index in [-0.39, 0.29) is 12.1 Å². The molecular formula is C11H21NO2. The summed E-state index contributed by atoms with van der Waals surface area (Å²) in [4.78, 5) is 13.7. The van der Waals surface area contributed by atoms with Crippen LogP contribution in [0.15, 0.2) is 0 Å². The molecule has 1 aliphatic rings. The number of ether oxygens (including phenoxy) is 1. The van der Waals surface area contributed by atoms with Crippen LogP contribution in [0.4, 0.5) is 0 Å². The topological polar surface area (TPSA) is 29.5 Å². The van der Waals surface area contributed by atoms with Crippen molar-refractivity contribution < 1.29 is 9.53 Å². The van der Waals surface area contributed by atoms with Gasteiger partial charge in [0.25, 0.3) is 0 Å². The first kappa shape index (κ1) is 11.7. The number of rotatable bonds is 4. The zero-order chi connectivity index (χ0) is 10.6. The molecule has 2 unspecified atom stereocenters. The van der Waals surface area contributed by atoms with E-state index in [1.165, 1.54) is 12.8 Å². The zero-order valence-electron chi connectivity index (χ0n) is 9.45. The lowest BCUT2D eigenvalue weighted by Crippen LogP contribution is -2.46. The summed E-state index contributed by atoms with van der Waals surface area (Å²) >= 11 is 0. The second kappa shape index (κ2) is 5.47. The summed E-state index contributed by atoms with van der Waals surface area (Å²) in [6, 6.07) is 0.140. The molecule has 0 N–H and O–H groups in total. The predicted octanol–water partition coefficient (Wildman–Crippen LogP) is 1.46. The number of nitrogens with zero attached hydrogens (tertiary/aromatic N) is 1. The van der Waals surface area contributed by atoms with Gasteiger partial charge in [-0.3, -0.25) is 9.69 Å². The van der Waals surface area contributed by atoms with Crippen molar-refractivity contribution in [1.82, 2.24) is 4.90 Å². The highest BCUT2D eigenvalue weighted by molar-refractivity contribution is 5.81. The van der Waals surface area contributed by atoms with E-state index in [1.54, 1.807) is 14.0 Å². The number of hydrogen-bond acceptors (Lipinski definition) is 3. The molecule has 0 saturated carbocycles. The third-order valence-corrected chi connectivity index (χ3v) is 2.98. The van der Waals surface area contributed by atoms with Crippen LogP contribution in [0.2, 0.25) is 0 Å². The molecule has 0 amide bonds. The summed E-state index contributed by atoms with van der Waals surface area (Å²) in [7, 11) is 1.72. The van der Waals surface area contributed by atoms with Crippen LogP contribution in [0.25, 0.3) is 0 Å². The van der Waals surface area contributed by atoms with Crippen LogP contribution in [0.3, 0.4) is 0 Å². The molecule has 3 nitrogen and oxygen atoms in total. The molecule has 0 bridgehead atoms. The normalized spacial score (nSPS) is 26.1. The quantitative estimate of drug-likeness (QED) is 0.686. The maximum Gasteiger partial charge on any atom is 0.146 e. The van der Waals surface area contributed by atoms with Gasteiger partial charge in [0.15, 0.2) is 0 Å². The summed E-state index contributed by atoms with van der Waals surface area (Å²) < 4.78 is 5.23. The van der Waals surface area contributed by atoms with E-state index in [0.29, 0.717) is 5.78 Å². The third-order valence-electron chi connectivity index (χ3n) is 2.98. The molecule has 3 heteroatoms. The van der Waals surface area contributed by atoms with Crippen LogP contribution in [-0.2, 0) is 9.53 Å². The summed E-state index contributed by atoms with van der Waals surface area (Å²) in [5, 5.41) is 0. The molecule has 2 atom stereocenters. The van der Waals surface area contributed by atoms with E-state index in [9.17, 15) is 4.79 Å². The number of likely N-dealkylation sites (tertiary alicyclic amines) is 1. The largest absolute Gasteiger partial charge is 0.380 e. The minimum absolute atomic E-state index is 0.140. The van der Waals surface area contributed by atoms with Gasteiger partial charge in [0, 0.05) is 13.7 Å². The summed E-state index contributed by atoms with van der Waals surface area (Å²) in [6.45, 7) is 5.66. The first-order valence-electron chi connectivity index (χ1n) is 5.42. The SMILES string of the molecule is COC(C)CN1CCCCC1C(C)=O. The second-order valence-corrected chi connectivity index (χ2v) is 4.16. The number of ketones is 1. The maximum absolute atomic E-state index is 11.4. The molecule has 1 rings (SSSR count). The average Bonchev–Trinajstić information content (AvgIpc) is 2.18. The fourth-order valence-corrected chi connectivity index (χ4v) is 2.07. The van der Waals surface area contributed by atoms with Crippen molar-refractivity contribution in [3.05, 3.63) is 0 Å². The first-order valence-corrected chi connectivity index (χ1v) is 5.42. The van der Waals surface area contributed by atoms with E-state index in [4.69, 9.17) is 4.74 Å². The van der Waals surface area contributed by atoms with Crippen molar-refractivity contribution in [1.29, 1.82) is 0 Å². The van der Waals surface area contributed by atoms with Crippen molar-refractivity contribution in [2.45, 2.75) is 45.3 Å². The molecule has 0 aromatic carbocycles. The van der Waals surface area contributed by atoms with E-state index in [2.05, 4.69) is 4.90 Å². The Morgan fingerprint density at radius 1 is 1.57 bits per heavy atom. The van der Waals surface area contributed by atoms with Gasteiger partial charge >= 0.3 is 0 Å². The second-order valence-electron chi connectivity index (χ2n) is 4.16. The van der Waals surface area contributed by atoms with Gasteiger partial charge in [-0.2, -0.15) is 0 Å². The molecule has 1 heterocycles. The number of piperidine rings is 1. The fraction of sp³-hybridized carbons (Fsp3) is 0.909. The Kier molecular flexibility index (Phi) is 4.55. The van der Waals surface area contributed by atoms with E-state index >= 15 is 0 Å². The van der Waals surface area contributed by atoms with Crippen molar-refractivity contribution >= 4 is 5.78 Å². The van der Waals surface area contributed by atoms with Crippen molar-refractivity contribution in [3.8, 4) is 0 Å². The van der Waals surface area contributed by atoms with Crippen molar-refractivity contribution in [3.63, 3.8) is 0 Å². The van der Waals surface area contributed by atoms with Gasteiger partial charge in [0.1, 0.15) is 5.78 Å². The Bertz CT molecular complexity index is 194. The van der Waals surface area contributed by atoms with Crippen LogP contribution in [0, 0.1) is 0 Å². The molecule has 0 radical (unpaired) electrons. The number of hydrogen-bond donors (Lipinski definition) is 0. The summed E-state index contributed by atoms with van der Waals surface area (Å²) in [6.07, 6.45) is 3.63. The monoisotopic (exact) mass is 199 g/mol. The molecular weight excluding hydrogens is 178 g/mol. The van der Waals surface area contributed by atoms with Gasteiger partial charge in [0.2, 0.25) is 0 Å². The highest BCUT2D eigenvalue weighted by Gasteiger charge is 2.26. The van der Waals surface area contributed by atoms with Gasteiger partial charge < -0.3 is 4.74 Å². The molecule has 1 saturated heterocycles. The molecule has 0 aromatic heterocycles. The molecule has 1 fully saturated rings. The number of Topliss-reactive ketones (excluding diaryl/α,β-unsaturated/α-hetero) is 1. The summed E-state index contributed by atoms with van der Waals surface area (Å²) in [5.74, 6) is 0.299. The molecule has 0 aliphatic carbocycles. The van der Waals surface area contributed by atoms with Gasteiger partial charge in [-0.1, -0.05) is 6.42 Å². The third kappa shape index (κ3) is 3.07. The Balaban J connectivity index is 2.49. The van der Waals surface area contributed by atoms with E-state index < -0.39 is 0 Å². The van der Waals surface area contributed by atoms with Crippen LogP contribution in [0.5, 0.6) is 0 Å². The van der Waals surface area contributed by atoms with E-state index in [1.807, 2.05) is 6.92 Å². The average molecular weight is 199 g/mol. The van der Waals surface area contributed by atoms with Crippen LogP contribution in [-0.4, -0.2) is 43.0 Å². The lowest BCUT2D eigenvalue weighted by atomic mass is 9.99. The number of carbonyl (C=O) groups excluding carboxylic acids is 1. The van der Waals surface area contributed by atoms with Gasteiger partial charge in [-0.05, 0) is 33.2 Å². The zero-order valence-corrected chi connectivity index (χ0v) is 9.45. The molecule has 0 aromatic rings. The van der Waals surface area contributed by atoms with Crippen molar-refractivity contribution in [2.75, 3.05) is 20.2 Å². The lowest BCUT2D eigenvalue weighted by molar-refractivity contribution is -0.124. The molecule has 1 aliphatic heterocycles. The van der Waals surface area contributed by atoms with Crippen LogP contribution in [0.1, 0.15) is 33.1 Å². The Labute approximate surface area is 86.4 Å². The standard InChI is InChI=1S/C11H21NO2/c1-9(14-3)8-12-7-5-4-6-11(12)10(2)13/h9,11H,4-8H2,1-3H3. The Hall–Kier alpha value is -0.410. The van der Waals surface area contributed by atoms with Gasteiger partial charge in [-0.25, -0.2) is 0 Å². The number of carbonyl (C=O) groups is 1. The first-order chi connectivity index (χ1) is 6.65. The molecule has 82 valence electrons. The molecule has 14 heavy (non-hydrogen) atoms. The Morgan fingerprint density at radius 2 is 2.29 bits per heavy atom. The Morgan fingerprint density at radius 3 is 2.86 bits per heavy atom. The van der Waals surface area contributed by atoms with Crippen LogP contribution >= 0.6 is 0 Å². The van der Waals surface area contributed by atoms with E-state index in [0.717, 1.165) is 19.5 Å². The minimum atomic E-state index is 0.140. The van der Waals surface area contributed by atoms with Crippen LogP contribution < -0.4 is 0 Å². The summed E-state index contributed by atoms with van der Waals surface area (Å²) in [5.41, 5.74) is 0. The predicted molar refractivity (Wildman–Crippen MR) is 56.4 cm³/mol. The smallest absolute Gasteiger partial charge is 0.146 e. The minimum Gasteiger partial charge on any atom is -0.380 e. The van der Waals surface area contributed by atoms with Crippen molar-refractivity contribution in [2.24, 2.45) is 0 Å². The van der Waals surface area contributed by atoms with Gasteiger partial charge in [-0.15, -0.1) is 0 Å².